The van der Waals surface area contributed by atoms with E-state index in [1.807, 2.05) is 12.1 Å². The van der Waals surface area contributed by atoms with Crippen molar-refractivity contribution < 1.29 is 4.74 Å². The van der Waals surface area contributed by atoms with Crippen molar-refractivity contribution in [3.8, 4) is 5.88 Å². The van der Waals surface area contributed by atoms with Gasteiger partial charge < -0.3 is 10.1 Å². The van der Waals surface area contributed by atoms with Crippen LogP contribution < -0.4 is 10.1 Å². The van der Waals surface area contributed by atoms with Crippen molar-refractivity contribution in [3.05, 3.63) is 18.3 Å². The normalized spacial score (nSPS) is 21.2. The van der Waals surface area contributed by atoms with E-state index in [4.69, 9.17) is 4.74 Å². The largest absolute Gasteiger partial charge is 0.477 e. The van der Waals surface area contributed by atoms with Crippen LogP contribution in [0.5, 0.6) is 5.88 Å². The Hall–Kier alpha value is -1.16. The van der Waals surface area contributed by atoms with Crippen molar-refractivity contribution in [3.63, 3.8) is 0 Å². The maximum atomic E-state index is 5.50. The summed E-state index contributed by atoms with van der Waals surface area (Å²) in [6, 6.07) is 4.29. The molecule has 1 unspecified atom stereocenters. The van der Waals surface area contributed by atoms with Gasteiger partial charge in [0.15, 0.2) is 0 Å². The molecule has 0 amide bonds. The molecule has 1 atom stereocenters. The first-order valence-corrected chi connectivity index (χ1v) is 5.59. The van der Waals surface area contributed by atoms with Gasteiger partial charge in [0.05, 0.1) is 6.61 Å². The van der Waals surface area contributed by atoms with Gasteiger partial charge in [-0.1, -0.05) is 6.42 Å². The Balaban J connectivity index is 1.66. The van der Waals surface area contributed by atoms with Crippen LogP contribution in [0, 0.1) is 0 Å². The van der Waals surface area contributed by atoms with E-state index in [0.29, 0.717) is 11.9 Å². The van der Waals surface area contributed by atoms with Gasteiger partial charge in [-0.2, -0.15) is 5.10 Å². The highest BCUT2D eigenvalue weighted by molar-refractivity contribution is 5.04. The summed E-state index contributed by atoms with van der Waals surface area (Å²) in [4.78, 5) is 0. The van der Waals surface area contributed by atoms with E-state index < -0.39 is 0 Å². The van der Waals surface area contributed by atoms with Crippen molar-refractivity contribution in [1.29, 1.82) is 0 Å². The van der Waals surface area contributed by atoms with Crippen LogP contribution in [0.1, 0.15) is 25.7 Å². The lowest BCUT2D eigenvalue weighted by atomic mass is 10.0. The lowest BCUT2D eigenvalue weighted by molar-refractivity contribution is 0.258. The fourth-order valence-electron chi connectivity index (χ4n) is 1.84. The summed E-state index contributed by atoms with van der Waals surface area (Å²) in [6.07, 6.45) is 6.61. The Kier molecular flexibility index (Phi) is 3.91. The van der Waals surface area contributed by atoms with Crippen molar-refractivity contribution in [2.45, 2.75) is 31.7 Å². The maximum Gasteiger partial charge on any atom is 0.233 e. The molecule has 1 aliphatic heterocycles. The second kappa shape index (κ2) is 5.66. The molecule has 15 heavy (non-hydrogen) atoms. The summed E-state index contributed by atoms with van der Waals surface area (Å²) in [6.45, 7) is 1.87. The first-order valence-electron chi connectivity index (χ1n) is 5.59. The lowest BCUT2D eigenvalue weighted by Gasteiger charge is -2.23. The number of nitrogens with one attached hydrogen (secondary N) is 1. The highest BCUT2D eigenvalue weighted by atomic mass is 16.5. The third-order valence-electron chi connectivity index (χ3n) is 2.68. The van der Waals surface area contributed by atoms with Gasteiger partial charge in [0.2, 0.25) is 5.88 Å². The molecule has 2 heterocycles. The van der Waals surface area contributed by atoms with E-state index in [1.54, 1.807) is 6.20 Å². The Morgan fingerprint density at radius 2 is 2.47 bits per heavy atom. The predicted octanol–water partition coefficient (Wildman–Crippen LogP) is 1.39. The summed E-state index contributed by atoms with van der Waals surface area (Å²) < 4.78 is 5.50. The van der Waals surface area contributed by atoms with E-state index in [1.165, 1.54) is 19.3 Å². The fraction of sp³-hybridized carbons (Fsp3) is 0.636. The summed E-state index contributed by atoms with van der Waals surface area (Å²) in [7, 11) is 0. The molecule has 1 saturated heterocycles. The number of hydrogen-bond acceptors (Lipinski definition) is 4. The Labute approximate surface area is 90.1 Å². The molecule has 1 aliphatic rings. The lowest BCUT2D eigenvalue weighted by Crippen LogP contribution is -2.35. The third-order valence-corrected chi connectivity index (χ3v) is 2.68. The van der Waals surface area contributed by atoms with Crippen LogP contribution in [0.25, 0.3) is 0 Å². The standard InChI is InChI=1S/C11H17N3O/c1-2-7-12-10(4-1)6-9-15-11-5-3-8-13-14-11/h3,5,8,10,12H,1-2,4,6-7,9H2. The molecule has 1 aromatic heterocycles. The molecule has 4 heteroatoms. The van der Waals surface area contributed by atoms with Crippen LogP contribution in [-0.2, 0) is 0 Å². The van der Waals surface area contributed by atoms with Crippen molar-refractivity contribution in [2.75, 3.05) is 13.2 Å². The second-order valence-electron chi connectivity index (χ2n) is 3.85. The molecule has 1 fully saturated rings. The van der Waals surface area contributed by atoms with E-state index in [2.05, 4.69) is 15.5 Å². The molecule has 0 saturated carbocycles. The van der Waals surface area contributed by atoms with Crippen LogP contribution in [-0.4, -0.2) is 29.4 Å². The van der Waals surface area contributed by atoms with Gasteiger partial charge in [-0.05, 0) is 31.9 Å². The van der Waals surface area contributed by atoms with Crippen molar-refractivity contribution >= 4 is 0 Å². The average molecular weight is 207 g/mol. The van der Waals surface area contributed by atoms with Crippen molar-refractivity contribution in [2.24, 2.45) is 0 Å². The van der Waals surface area contributed by atoms with Gasteiger partial charge in [-0.15, -0.1) is 5.10 Å². The van der Waals surface area contributed by atoms with Crippen molar-refractivity contribution in [1.82, 2.24) is 15.5 Å². The Morgan fingerprint density at radius 1 is 1.47 bits per heavy atom. The molecule has 0 spiro atoms. The smallest absolute Gasteiger partial charge is 0.233 e. The number of piperidine rings is 1. The van der Waals surface area contributed by atoms with Gasteiger partial charge in [-0.3, -0.25) is 0 Å². The Morgan fingerprint density at radius 3 is 3.20 bits per heavy atom. The van der Waals surface area contributed by atoms with E-state index in [0.717, 1.165) is 19.6 Å². The average Bonchev–Trinajstić information content (AvgIpc) is 2.32. The van der Waals surface area contributed by atoms with Gasteiger partial charge in [0, 0.05) is 18.3 Å². The van der Waals surface area contributed by atoms with E-state index in [9.17, 15) is 0 Å². The zero-order valence-electron chi connectivity index (χ0n) is 8.85. The number of rotatable bonds is 4. The van der Waals surface area contributed by atoms with Crippen LogP contribution in [0.4, 0.5) is 0 Å². The van der Waals surface area contributed by atoms with Crippen LogP contribution in [0.15, 0.2) is 18.3 Å². The molecule has 1 aromatic rings. The molecule has 82 valence electrons. The minimum Gasteiger partial charge on any atom is -0.477 e. The zero-order chi connectivity index (χ0) is 10.3. The first-order chi connectivity index (χ1) is 7.45. The summed E-state index contributed by atoms with van der Waals surface area (Å²) in [5.41, 5.74) is 0. The van der Waals surface area contributed by atoms with Gasteiger partial charge in [0.1, 0.15) is 0 Å². The number of nitrogens with zero attached hydrogens (tertiary/aromatic N) is 2. The van der Waals surface area contributed by atoms with E-state index in [-0.39, 0.29) is 0 Å². The second-order valence-corrected chi connectivity index (χ2v) is 3.85. The zero-order valence-corrected chi connectivity index (χ0v) is 8.85. The molecule has 4 nitrogen and oxygen atoms in total. The molecule has 0 aliphatic carbocycles. The minimum absolute atomic E-state index is 0.619. The SMILES string of the molecule is c1cnnc(OCCC2CCCCN2)c1. The summed E-state index contributed by atoms with van der Waals surface area (Å²) >= 11 is 0. The number of aromatic nitrogens is 2. The monoisotopic (exact) mass is 207 g/mol. The quantitative estimate of drug-likeness (QED) is 0.810. The van der Waals surface area contributed by atoms with Crippen LogP contribution in [0.3, 0.4) is 0 Å². The molecular weight excluding hydrogens is 190 g/mol. The van der Waals surface area contributed by atoms with Gasteiger partial charge in [0.25, 0.3) is 0 Å². The first kappa shape index (κ1) is 10.4. The number of ether oxygens (including phenoxy) is 1. The molecular formula is C11H17N3O. The molecule has 0 bridgehead atoms. The highest BCUT2D eigenvalue weighted by Crippen LogP contribution is 2.10. The molecule has 1 N–H and O–H groups in total. The van der Waals surface area contributed by atoms with Gasteiger partial charge >= 0.3 is 0 Å². The highest BCUT2D eigenvalue weighted by Gasteiger charge is 2.11. The third kappa shape index (κ3) is 3.47. The fourth-order valence-corrected chi connectivity index (χ4v) is 1.84. The molecule has 0 radical (unpaired) electrons. The predicted molar refractivity (Wildman–Crippen MR) is 57.8 cm³/mol. The Bertz CT molecular complexity index is 272. The van der Waals surface area contributed by atoms with Crippen LogP contribution in [0.2, 0.25) is 0 Å². The molecule has 0 aromatic carbocycles. The minimum atomic E-state index is 0.619. The summed E-state index contributed by atoms with van der Waals surface area (Å²) in [5.74, 6) is 0.619. The topological polar surface area (TPSA) is 47.0 Å². The van der Waals surface area contributed by atoms with Gasteiger partial charge in [-0.25, -0.2) is 0 Å². The summed E-state index contributed by atoms with van der Waals surface area (Å²) in [5, 5.41) is 11.1. The maximum absolute atomic E-state index is 5.50. The van der Waals surface area contributed by atoms with E-state index >= 15 is 0 Å². The number of hydrogen-bond donors (Lipinski definition) is 1. The van der Waals surface area contributed by atoms with Crippen LogP contribution >= 0.6 is 0 Å². The molecule has 2 rings (SSSR count).